The summed E-state index contributed by atoms with van der Waals surface area (Å²) < 4.78 is 0. The van der Waals surface area contributed by atoms with Gasteiger partial charge in [0, 0.05) is 18.3 Å². The molecule has 0 aliphatic heterocycles. The van der Waals surface area contributed by atoms with Gasteiger partial charge in [0.25, 0.3) is 0 Å². The smallest absolute Gasteiger partial charge is 0.219 e. The summed E-state index contributed by atoms with van der Waals surface area (Å²) in [4.78, 5) is 11.4. The second-order valence-corrected chi connectivity index (χ2v) is 4.95. The van der Waals surface area contributed by atoms with Gasteiger partial charge < -0.3 is 5.32 Å². The number of hydrogen-bond acceptors (Lipinski definition) is 1. The average Bonchev–Trinajstić information content (AvgIpc) is 2.70. The van der Waals surface area contributed by atoms with E-state index in [9.17, 15) is 4.79 Å². The zero-order valence-corrected chi connectivity index (χ0v) is 10.9. The van der Waals surface area contributed by atoms with E-state index < -0.39 is 0 Å². The van der Waals surface area contributed by atoms with Crippen molar-refractivity contribution in [3.63, 3.8) is 0 Å². The third-order valence-corrected chi connectivity index (χ3v) is 3.46. The molecule has 0 heterocycles. The zero-order valence-electron chi connectivity index (χ0n) is 10.1. The monoisotopic (exact) mass is 251 g/mol. The number of aryl methyl sites for hydroxylation is 1. The van der Waals surface area contributed by atoms with Crippen molar-refractivity contribution >= 4 is 17.5 Å². The molecular weight excluding hydrogens is 234 g/mol. The molecule has 17 heavy (non-hydrogen) atoms. The van der Waals surface area contributed by atoms with E-state index in [-0.39, 0.29) is 11.9 Å². The third-order valence-electron chi connectivity index (χ3n) is 3.27. The molecule has 1 amide bonds. The molecule has 0 radical (unpaired) electrons. The molecule has 1 aliphatic carbocycles. The Balaban J connectivity index is 2.03. The summed E-state index contributed by atoms with van der Waals surface area (Å²) in [7, 11) is 0. The first-order valence-electron chi connectivity index (χ1n) is 6.19. The molecule has 3 heteroatoms. The van der Waals surface area contributed by atoms with Crippen LogP contribution in [0.25, 0.3) is 0 Å². The van der Waals surface area contributed by atoms with Gasteiger partial charge in [-0.3, -0.25) is 4.79 Å². The van der Waals surface area contributed by atoms with E-state index >= 15 is 0 Å². The number of amides is 1. The second-order valence-electron chi connectivity index (χ2n) is 4.57. The molecule has 2 nitrogen and oxygen atoms in total. The van der Waals surface area contributed by atoms with Gasteiger partial charge in [-0.2, -0.15) is 0 Å². The summed E-state index contributed by atoms with van der Waals surface area (Å²) in [5, 5.41) is 3.06. The maximum atomic E-state index is 11.4. The van der Waals surface area contributed by atoms with Gasteiger partial charge in [0.05, 0.1) is 0 Å². The molecule has 1 aromatic rings. The van der Waals surface area contributed by atoms with E-state index in [1.54, 1.807) is 0 Å². The van der Waals surface area contributed by atoms with E-state index in [4.69, 9.17) is 11.6 Å². The molecule has 0 fully saturated rings. The van der Waals surface area contributed by atoms with Crippen molar-refractivity contribution in [3.8, 4) is 0 Å². The summed E-state index contributed by atoms with van der Waals surface area (Å²) in [5.41, 5.74) is 4.03. The maximum Gasteiger partial charge on any atom is 0.219 e. The van der Waals surface area contributed by atoms with Crippen LogP contribution in [0.5, 0.6) is 0 Å². The summed E-state index contributed by atoms with van der Waals surface area (Å²) in [6, 6.07) is 6.83. The van der Waals surface area contributed by atoms with Crippen molar-refractivity contribution in [1.29, 1.82) is 0 Å². The van der Waals surface area contributed by atoms with Gasteiger partial charge in [-0.05, 0) is 36.0 Å². The fourth-order valence-corrected chi connectivity index (χ4v) is 2.59. The molecule has 1 aromatic carbocycles. The Labute approximate surface area is 107 Å². The van der Waals surface area contributed by atoms with E-state index in [2.05, 4.69) is 23.5 Å². The highest BCUT2D eigenvalue weighted by Gasteiger charge is 2.22. The molecule has 0 spiro atoms. The molecule has 0 unspecified atom stereocenters. The van der Waals surface area contributed by atoms with Gasteiger partial charge in [-0.25, -0.2) is 0 Å². The van der Waals surface area contributed by atoms with Crippen LogP contribution < -0.4 is 5.32 Å². The van der Waals surface area contributed by atoms with Gasteiger partial charge in [0.2, 0.25) is 5.91 Å². The minimum absolute atomic E-state index is 0.142. The number of rotatable bonds is 4. The van der Waals surface area contributed by atoms with Crippen LogP contribution in [0, 0.1) is 0 Å². The van der Waals surface area contributed by atoms with Crippen LogP contribution in [0.3, 0.4) is 0 Å². The predicted molar refractivity (Wildman–Crippen MR) is 70.5 cm³/mol. The van der Waals surface area contributed by atoms with E-state index in [0.29, 0.717) is 12.3 Å². The predicted octanol–water partition coefficient (Wildman–Crippen LogP) is 2.46. The SMILES string of the molecule is CCC(=O)N[C@H]1Cc2ccc(CCCl)cc2C1. The highest BCUT2D eigenvalue weighted by Crippen LogP contribution is 2.23. The Morgan fingerprint density at radius 1 is 1.41 bits per heavy atom. The number of nitrogens with one attached hydrogen (secondary N) is 1. The van der Waals surface area contributed by atoms with Crippen molar-refractivity contribution in [2.45, 2.75) is 38.6 Å². The number of benzene rings is 1. The Kier molecular flexibility index (Phi) is 4.06. The lowest BCUT2D eigenvalue weighted by atomic mass is 10.1. The average molecular weight is 252 g/mol. The maximum absolute atomic E-state index is 11.4. The first-order chi connectivity index (χ1) is 8.22. The first-order valence-corrected chi connectivity index (χ1v) is 6.72. The highest BCUT2D eigenvalue weighted by molar-refractivity contribution is 6.17. The fraction of sp³-hybridized carbons (Fsp3) is 0.500. The Bertz CT molecular complexity index is 417. The van der Waals surface area contributed by atoms with Crippen molar-refractivity contribution in [2.24, 2.45) is 0 Å². The van der Waals surface area contributed by atoms with E-state index in [1.165, 1.54) is 16.7 Å². The number of alkyl halides is 1. The van der Waals surface area contributed by atoms with Crippen molar-refractivity contribution < 1.29 is 4.79 Å². The minimum Gasteiger partial charge on any atom is -0.353 e. The van der Waals surface area contributed by atoms with Crippen LogP contribution in [-0.4, -0.2) is 17.8 Å². The summed E-state index contributed by atoms with van der Waals surface area (Å²) in [6.45, 7) is 1.88. The Morgan fingerprint density at radius 3 is 2.88 bits per heavy atom. The molecule has 1 aliphatic rings. The van der Waals surface area contributed by atoms with Gasteiger partial charge in [0.1, 0.15) is 0 Å². The molecule has 1 N–H and O–H groups in total. The fourth-order valence-electron chi connectivity index (χ4n) is 2.37. The van der Waals surface area contributed by atoms with Gasteiger partial charge in [0.15, 0.2) is 0 Å². The summed E-state index contributed by atoms with van der Waals surface area (Å²) in [5.74, 6) is 0.804. The van der Waals surface area contributed by atoms with Crippen LogP contribution in [-0.2, 0) is 24.1 Å². The van der Waals surface area contributed by atoms with Crippen LogP contribution in [0.15, 0.2) is 18.2 Å². The van der Waals surface area contributed by atoms with Gasteiger partial charge >= 0.3 is 0 Å². The van der Waals surface area contributed by atoms with Crippen LogP contribution >= 0.6 is 11.6 Å². The standard InChI is InChI=1S/C14H18ClNO/c1-2-14(17)16-13-8-11-4-3-10(5-6-15)7-12(11)9-13/h3-4,7,13H,2,5-6,8-9H2,1H3,(H,16,17)/t13-/m0/s1. The van der Waals surface area contributed by atoms with Gasteiger partial charge in [-0.1, -0.05) is 25.1 Å². The molecule has 0 aromatic heterocycles. The zero-order chi connectivity index (χ0) is 12.3. The molecule has 2 rings (SSSR count). The van der Waals surface area contributed by atoms with E-state index in [0.717, 1.165) is 19.3 Å². The Morgan fingerprint density at radius 2 is 2.18 bits per heavy atom. The van der Waals surface area contributed by atoms with Crippen LogP contribution in [0.4, 0.5) is 0 Å². The normalized spacial score (nSPS) is 17.9. The lowest BCUT2D eigenvalue weighted by Crippen LogP contribution is -2.34. The summed E-state index contributed by atoms with van der Waals surface area (Å²) >= 11 is 5.75. The minimum atomic E-state index is 0.142. The van der Waals surface area contributed by atoms with Crippen LogP contribution in [0.2, 0.25) is 0 Å². The number of carbonyl (C=O) groups is 1. The Hall–Kier alpha value is -1.02. The van der Waals surface area contributed by atoms with Crippen molar-refractivity contribution in [2.75, 3.05) is 5.88 Å². The molecule has 1 atom stereocenters. The lowest BCUT2D eigenvalue weighted by Gasteiger charge is -2.10. The second kappa shape index (κ2) is 5.54. The van der Waals surface area contributed by atoms with Crippen molar-refractivity contribution in [3.05, 3.63) is 34.9 Å². The molecule has 92 valence electrons. The quantitative estimate of drug-likeness (QED) is 0.819. The van der Waals surface area contributed by atoms with E-state index in [1.807, 2.05) is 6.92 Å². The van der Waals surface area contributed by atoms with Crippen LogP contribution in [0.1, 0.15) is 30.0 Å². The third kappa shape index (κ3) is 3.01. The number of halogens is 1. The molecule has 0 bridgehead atoms. The first kappa shape index (κ1) is 12.4. The highest BCUT2D eigenvalue weighted by atomic mass is 35.5. The van der Waals surface area contributed by atoms with Crippen molar-refractivity contribution in [1.82, 2.24) is 5.32 Å². The number of fused-ring (bicyclic) bond motifs is 1. The molecule has 0 saturated carbocycles. The number of hydrogen-bond donors (Lipinski definition) is 1. The topological polar surface area (TPSA) is 29.1 Å². The molecule has 0 saturated heterocycles. The largest absolute Gasteiger partial charge is 0.353 e. The van der Waals surface area contributed by atoms with Gasteiger partial charge in [-0.15, -0.1) is 11.6 Å². The lowest BCUT2D eigenvalue weighted by molar-refractivity contribution is -0.121. The number of carbonyl (C=O) groups excluding carboxylic acids is 1. The molecular formula is C14H18ClNO. The summed E-state index contributed by atoms with van der Waals surface area (Å²) in [6.07, 6.45) is 3.39.